The third-order valence-electron chi connectivity index (χ3n) is 3.24. The Kier molecular flexibility index (Phi) is 3.35. The van der Waals surface area contributed by atoms with Gasteiger partial charge in [0.15, 0.2) is 11.5 Å². The van der Waals surface area contributed by atoms with E-state index in [-0.39, 0.29) is 6.42 Å². The minimum absolute atomic E-state index is 0.0111. The summed E-state index contributed by atoms with van der Waals surface area (Å²) in [7, 11) is 0. The number of benzene rings is 1. The lowest BCUT2D eigenvalue weighted by Gasteiger charge is -2.03. The van der Waals surface area contributed by atoms with Gasteiger partial charge in [0.1, 0.15) is 0 Å². The fourth-order valence-electron chi connectivity index (χ4n) is 2.09. The number of carboxylic acids is 1. The lowest BCUT2D eigenvalue weighted by molar-refractivity contribution is -0.137. The Morgan fingerprint density at radius 3 is 2.62 bits per heavy atom. The molecular formula is C15H14N4O2. The van der Waals surface area contributed by atoms with Crippen LogP contribution in [0.15, 0.2) is 36.4 Å². The Balaban J connectivity index is 1.99. The van der Waals surface area contributed by atoms with Gasteiger partial charge in [-0.3, -0.25) is 4.79 Å². The molecule has 3 rings (SSSR count). The Morgan fingerprint density at radius 2 is 1.90 bits per heavy atom. The lowest BCUT2D eigenvalue weighted by atomic mass is 10.1. The molecule has 0 saturated carbocycles. The highest BCUT2D eigenvalue weighted by Crippen LogP contribution is 2.18. The SMILES string of the molecule is Cc1ccc(-c2ccc3nnc(CCC(=O)O)n3n2)cc1. The number of carbonyl (C=O) groups is 1. The molecule has 1 N–H and O–H groups in total. The number of rotatable bonds is 4. The Labute approximate surface area is 121 Å². The van der Waals surface area contributed by atoms with Crippen LogP contribution in [0.25, 0.3) is 16.9 Å². The molecule has 0 spiro atoms. The van der Waals surface area contributed by atoms with Crippen molar-refractivity contribution in [3.8, 4) is 11.3 Å². The van der Waals surface area contributed by atoms with Crippen molar-refractivity contribution in [3.05, 3.63) is 47.8 Å². The highest BCUT2D eigenvalue weighted by molar-refractivity contribution is 5.67. The van der Waals surface area contributed by atoms with Gasteiger partial charge >= 0.3 is 5.97 Å². The zero-order valence-electron chi connectivity index (χ0n) is 11.5. The molecule has 2 aromatic heterocycles. The number of aromatic nitrogens is 4. The van der Waals surface area contributed by atoms with Crippen LogP contribution in [0.1, 0.15) is 17.8 Å². The summed E-state index contributed by atoms with van der Waals surface area (Å²) in [6.07, 6.45) is 0.318. The second kappa shape index (κ2) is 5.32. The number of hydrogen-bond acceptors (Lipinski definition) is 4. The Bertz CT molecular complexity index is 793. The van der Waals surface area contributed by atoms with Crippen LogP contribution in [0, 0.1) is 6.92 Å². The second-order valence-electron chi connectivity index (χ2n) is 4.86. The normalized spacial score (nSPS) is 10.9. The van der Waals surface area contributed by atoms with E-state index in [1.165, 1.54) is 5.56 Å². The molecule has 6 nitrogen and oxygen atoms in total. The number of nitrogens with zero attached hydrogens (tertiary/aromatic N) is 4. The molecule has 0 bridgehead atoms. The molecule has 0 aliphatic rings. The third-order valence-corrected chi connectivity index (χ3v) is 3.24. The summed E-state index contributed by atoms with van der Waals surface area (Å²) in [6.45, 7) is 2.03. The zero-order valence-corrected chi connectivity index (χ0v) is 11.5. The van der Waals surface area contributed by atoms with Crippen molar-refractivity contribution in [2.45, 2.75) is 19.8 Å². The van der Waals surface area contributed by atoms with Gasteiger partial charge < -0.3 is 5.11 Å². The van der Waals surface area contributed by atoms with Gasteiger partial charge in [-0.1, -0.05) is 29.8 Å². The molecule has 0 aliphatic carbocycles. The van der Waals surface area contributed by atoms with Crippen molar-refractivity contribution >= 4 is 11.6 Å². The first-order valence-electron chi connectivity index (χ1n) is 6.63. The molecule has 0 amide bonds. The Hall–Kier alpha value is -2.76. The number of hydrogen-bond donors (Lipinski definition) is 1. The standard InChI is InChI=1S/C15H14N4O2/c1-10-2-4-11(5-3-10)12-6-7-13-16-17-14(19(13)18-12)8-9-15(20)21/h2-7H,8-9H2,1H3,(H,20,21). The van der Waals surface area contributed by atoms with Crippen molar-refractivity contribution in [2.24, 2.45) is 0 Å². The van der Waals surface area contributed by atoms with Gasteiger partial charge in [-0.05, 0) is 19.1 Å². The first kappa shape index (κ1) is 13.2. The van der Waals surface area contributed by atoms with Crippen molar-refractivity contribution in [3.63, 3.8) is 0 Å². The molecule has 0 unspecified atom stereocenters. The van der Waals surface area contributed by atoms with Gasteiger partial charge in [-0.25, -0.2) is 0 Å². The molecule has 1 aromatic carbocycles. The zero-order chi connectivity index (χ0) is 14.8. The van der Waals surface area contributed by atoms with E-state index in [4.69, 9.17) is 5.11 Å². The average Bonchev–Trinajstić information content (AvgIpc) is 2.88. The van der Waals surface area contributed by atoms with E-state index in [9.17, 15) is 4.79 Å². The average molecular weight is 282 g/mol. The van der Waals surface area contributed by atoms with Gasteiger partial charge in [0.25, 0.3) is 0 Å². The van der Waals surface area contributed by atoms with E-state index >= 15 is 0 Å². The van der Waals surface area contributed by atoms with E-state index in [0.717, 1.165) is 11.3 Å². The van der Waals surface area contributed by atoms with Gasteiger partial charge in [-0.15, -0.1) is 10.2 Å². The molecule has 0 aliphatic heterocycles. The molecule has 6 heteroatoms. The molecule has 106 valence electrons. The summed E-state index contributed by atoms with van der Waals surface area (Å²) in [6, 6.07) is 11.8. The van der Waals surface area contributed by atoms with Crippen molar-refractivity contribution in [1.82, 2.24) is 19.8 Å². The van der Waals surface area contributed by atoms with E-state index < -0.39 is 5.97 Å². The fraction of sp³-hybridized carbons (Fsp3) is 0.200. The first-order chi connectivity index (χ1) is 10.1. The topological polar surface area (TPSA) is 80.4 Å². The number of fused-ring (bicyclic) bond motifs is 1. The quantitative estimate of drug-likeness (QED) is 0.792. The Morgan fingerprint density at radius 1 is 1.14 bits per heavy atom. The first-order valence-corrected chi connectivity index (χ1v) is 6.63. The minimum Gasteiger partial charge on any atom is -0.481 e. The molecule has 0 radical (unpaired) electrons. The summed E-state index contributed by atoms with van der Waals surface area (Å²) < 4.78 is 1.61. The van der Waals surface area contributed by atoms with Crippen LogP contribution in [-0.2, 0) is 11.2 Å². The van der Waals surface area contributed by atoms with E-state index in [0.29, 0.717) is 17.9 Å². The van der Waals surface area contributed by atoms with Crippen LogP contribution >= 0.6 is 0 Å². The summed E-state index contributed by atoms with van der Waals surface area (Å²) in [4.78, 5) is 10.7. The molecule has 0 saturated heterocycles. The van der Waals surface area contributed by atoms with Gasteiger partial charge in [0.2, 0.25) is 0 Å². The van der Waals surface area contributed by atoms with Crippen molar-refractivity contribution in [2.75, 3.05) is 0 Å². The third kappa shape index (κ3) is 2.74. The number of aliphatic carboxylic acids is 1. The van der Waals surface area contributed by atoms with E-state index in [1.807, 2.05) is 43.3 Å². The maximum atomic E-state index is 10.7. The van der Waals surface area contributed by atoms with Crippen LogP contribution in [0.2, 0.25) is 0 Å². The summed E-state index contributed by atoms with van der Waals surface area (Å²) in [5.74, 6) is -0.303. The highest BCUT2D eigenvalue weighted by Gasteiger charge is 2.10. The minimum atomic E-state index is -0.860. The maximum Gasteiger partial charge on any atom is 0.303 e. The van der Waals surface area contributed by atoms with Gasteiger partial charge in [0, 0.05) is 12.0 Å². The highest BCUT2D eigenvalue weighted by atomic mass is 16.4. The monoisotopic (exact) mass is 282 g/mol. The van der Waals surface area contributed by atoms with Crippen LogP contribution in [0.4, 0.5) is 0 Å². The molecule has 0 atom stereocenters. The number of carboxylic acid groups (broad SMARTS) is 1. The lowest BCUT2D eigenvalue weighted by Crippen LogP contribution is -2.04. The predicted octanol–water partition coefficient (Wildman–Crippen LogP) is 2.12. The molecule has 0 fully saturated rings. The fourth-order valence-corrected chi connectivity index (χ4v) is 2.09. The maximum absolute atomic E-state index is 10.7. The van der Waals surface area contributed by atoms with Crippen molar-refractivity contribution in [1.29, 1.82) is 0 Å². The second-order valence-corrected chi connectivity index (χ2v) is 4.86. The molecular weight excluding hydrogens is 268 g/mol. The van der Waals surface area contributed by atoms with E-state index in [1.54, 1.807) is 4.52 Å². The van der Waals surface area contributed by atoms with Gasteiger partial charge in [-0.2, -0.15) is 9.61 Å². The van der Waals surface area contributed by atoms with Crippen LogP contribution in [0.5, 0.6) is 0 Å². The number of aryl methyl sites for hydroxylation is 2. The smallest absolute Gasteiger partial charge is 0.303 e. The predicted molar refractivity (Wildman–Crippen MR) is 76.9 cm³/mol. The largest absolute Gasteiger partial charge is 0.481 e. The van der Waals surface area contributed by atoms with Crippen molar-refractivity contribution < 1.29 is 9.90 Å². The van der Waals surface area contributed by atoms with Crippen LogP contribution < -0.4 is 0 Å². The van der Waals surface area contributed by atoms with Crippen LogP contribution in [0.3, 0.4) is 0 Å². The summed E-state index contributed by atoms with van der Waals surface area (Å²) in [5.41, 5.74) is 3.61. The molecule has 21 heavy (non-hydrogen) atoms. The molecule has 2 heterocycles. The summed E-state index contributed by atoms with van der Waals surface area (Å²) >= 11 is 0. The van der Waals surface area contributed by atoms with Gasteiger partial charge in [0.05, 0.1) is 12.1 Å². The summed E-state index contributed by atoms with van der Waals surface area (Å²) in [5, 5.41) is 21.3. The van der Waals surface area contributed by atoms with Crippen LogP contribution in [-0.4, -0.2) is 30.9 Å². The molecule has 3 aromatic rings. The van der Waals surface area contributed by atoms with E-state index in [2.05, 4.69) is 15.3 Å².